The molecule has 1 unspecified atom stereocenters. The predicted molar refractivity (Wildman–Crippen MR) is 107 cm³/mol. The van der Waals surface area contributed by atoms with Crippen LogP contribution in [0.4, 0.5) is 0 Å². The van der Waals surface area contributed by atoms with Gasteiger partial charge >= 0.3 is 0 Å². The van der Waals surface area contributed by atoms with Gasteiger partial charge in [0, 0.05) is 0 Å². The molecule has 0 saturated carbocycles. The number of rotatable bonds is 18. The zero-order chi connectivity index (χ0) is 17.5. The molecular formula is C22H46NO+. The fraction of sp³-hybridized carbons (Fsp3) is 1.00. The van der Waals surface area contributed by atoms with E-state index >= 15 is 0 Å². The molecule has 1 rings (SSSR count). The fourth-order valence-corrected chi connectivity index (χ4v) is 3.96. The number of likely N-dealkylation sites (N-methyl/N-ethyl adjacent to an activating group) is 1. The lowest BCUT2D eigenvalue weighted by Crippen LogP contribution is -2.50. The van der Waals surface area contributed by atoms with E-state index in [4.69, 9.17) is 4.74 Å². The second-order valence-corrected chi connectivity index (χ2v) is 8.08. The highest BCUT2D eigenvalue weighted by atomic mass is 16.6. The van der Waals surface area contributed by atoms with Gasteiger partial charge in [-0.1, -0.05) is 77.6 Å². The van der Waals surface area contributed by atoms with E-state index in [1.165, 1.54) is 114 Å². The summed E-state index contributed by atoms with van der Waals surface area (Å²) in [4.78, 5) is 0. The van der Waals surface area contributed by atoms with E-state index in [0.717, 1.165) is 6.61 Å². The lowest BCUT2D eigenvalue weighted by Gasteiger charge is -2.36. The van der Waals surface area contributed by atoms with E-state index < -0.39 is 0 Å². The molecular weight excluding hydrogens is 294 g/mol. The van der Waals surface area contributed by atoms with Gasteiger partial charge in [0.05, 0.1) is 26.2 Å². The number of epoxide rings is 1. The first-order chi connectivity index (χ1) is 11.8. The van der Waals surface area contributed by atoms with Crippen LogP contribution in [0, 0.1) is 0 Å². The summed E-state index contributed by atoms with van der Waals surface area (Å²) in [5, 5.41) is 0. The molecule has 0 aromatic heterocycles. The molecule has 0 spiro atoms. The minimum Gasteiger partial charge on any atom is -0.367 e. The summed E-state index contributed by atoms with van der Waals surface area (Å²) in [6, 6.07) is 0. The Morgan fingerprint density at radius 1 is 0.667 bits per heavy atom. The number of ether oxygens (including phenoxy) is 1. The normalized spacial score (nSPS) is 17.4. The van der Waals surface area contributed by atoms with Gasteiger partial charge in [-0.15, -0.1) is 0 Å². The molecule has 1 fully saturated rings. The summed E-state index contributed by atoms with van der Waals surface area (Å²) in [5.74, 6) is 0. The average Bonchev–Trinajstić information content (AvgIpc) is 3.42. The Hall–Kier alpha value is -0.0800. The second-order valence-electron chi connectivity index (χ2n) is 8.08. The molecule has 24 heavy (non-hydrogen) atoms. The molecule has 1 aliphatic rings. The van der Waals surface area contributed by atoms with Crippen molar-refractivity contribution in [1.29, 1.82) is 0 Å². The molecule has 0 aliphatic carbocycles. The minimum atomic E-state index is 0.576. The summed E-state index contributed by atoms with van der Waals surface area (Å²) < 4.78 is 6.75. The van der Waals surface area contributed by atoms with Crippen molar-refractivity contribution >= 4 is 0 Å². The largest absolute Gasteiger partial charge is 0.367 e. The highest BCUT2D eigenvalue weighted by Gasteiger charge is 2.34. The third-order valence-corrected chi connectivity index (χ3v) is 6.07. The molecule has 1 atom stereocenters. The van der Waals surface area contributed by atoms with E-state index in [-0.39, 0.29) is 0 Å². The molecule has 0 aromatic carbocycles. The van der Waals surface area contributed by atoms with Gasteiger partial charge in [-0.3, -0.25) is 0 Å². The molecule has 0 aromatic rings. The van der Waals surface area contributed by atoms with Crippen molar-refractivity contribution in [3.8, 4) is 0 Å². The minimum absolute atomic E-state index is 0.576. The second kappa shape index (κ2) is 14.1. The topological polar surface area (TPSA) is 12.5 Å². The van der Waals surface area contributed by atoms with Crippen LogP contribution in [0.2, 0.25) is 0 Å². The quantitative estimate of drug-likeness (QED) is 0.161. The van der Waals surface area contributed by atoms with Gasteiger partial charge in [0.25, 0.3) is 0 Å². The highest BCUT2D eigenvalue weighted by Crippen LogP contribution is 2.19. The number of quaternary nitrogens is 1. The predicted octanol–water partition coefficient (Wildman–Crippen LogP) is 6.33. The monoisotopic (exact) mass is 340 g/mol. The molecule has 1 saturated heterocycles. The summed E-state index contributed by atoms with van der Waals surface area (Å²) in [6.45, 7) is 13.2. The number of unbranched alkanes of at least 4 members (excludes halogenated alkanes) is 12. The summed E-state index contributed by atoms with van der Waals surface area (Å²) in [7, 11) is 0. The van der Waals surface area contributed by atoms with Crippen LogP contribution in [0.3, 0.4) is 0 Å². The Bertz CT molecular complexity index is 271. The van der Waals surface area contributed by atoms with E-state index in [9.17, 15) is 0 Å². The molecule has 0 bridgehead atoms. The number of nitrogens with zero attached hydrogens (tertiary/aromatic N) is 1. The van der Waals surface area contributed by atoms with Crippen LogP contribution >= 0.6 is 0 Å². The Kier molecular flexibility index (Phi) is 12.9. The van der Waals surface area contributed by atoms with Crippen LogP contribution < -0.4 is 0 Å². The van der Waals surface area contributed by atoms with Crippen molar-refractivity contribution in [2.75, 3.05) is 32.8 Å². The number of hydrogen-bond donors (Lipinski definition) is 0. The molecule has 144 valence electrons. The standard InChI is InChI=1S/C22H46NO/c1-4-7-8-9-10-11-12-13-14-15-16-17-18-19-23(5-2,6-3)20-22-21-24-22/h22H,4-21H2,1-3H3/q+1. The molecule has 0 amide bonds. The zero-order valence-corrected chi connectivity index (χ0v) is 17.2. The van der Waals surface area contributed by atoms with Crippen LogP contribution in [0.5, 0.6) is 0 Å². The van der Waals surface area contributed by atoms with E-state index in [2.05, 4.69) is 20.8 Å². The van der Waals surface area contributed by atoms with Crippen molar-refractivity contribution < 1.29 is 9.22 Å². The molecule has 1 aliphatic heterocycles. The van der Waals surface area contributed by atoms with Crippen LogP contribution in [0.1, 0.15) is 104 Å². The van der Waals surface area contributed by atoms with Gasteiger partial charge in [-0.25, -0.2) is 0 Å². The van der Waals surface area contributed by atoms with E-state index in [1.54, 1.807) is 0 Å². The van der Waals surface area contributed by atoms with Crippen LogP contribution in [0.15, 0.2) is 0 Å². The highest BCUT2D eigenvalue weighted by molar-refractivity contribution is 4.68. The summed E-state index contributed by atoms with van der Waals surface area (Å²) >= 11 is 0. The van der Waals surface area contributed by atoms with Gasteiger partial charge in [-0.2, -0.15) is 0 Å². The Balaban J connectivity index is 1.87. The smallest absolute Gasteiger partial charge is 0.130 e. The van der Waals surface area contributed by atoms with Crippen LogP contribution in [-0.2, 0) is 4.74 Å². The third kappa shape index (κ3) is 10.7. The van der Waals surface area contributed by atoms with E-state index in [1.807, 2.05) is 0 Å². The molecule has 0 radical (unpaired) electrons. The first-order valence-electron chi connectivity index (χ1n) is 11.2. The fourth-order valence-electron chi connectivity index (χ4n) is 3.96. The Morgan fingerprint density at radius 3 is 1.46 bits per heavy atom. The zero-order valence-electron chi connectivity index (χ0n) is 17.2. The van der Waals surface area contributed by atoms with Crippen molar-refractivity contribution in [1.82, 2.24) is 0 Å². The van der Waals surface area contributed by atoms with Crippen molar-refractivity contribution in [3.63, 3.8) is 0 Å². The van der Waals surface area contributed by atoms with Crippen LogP contribution in [0.25, 0.3) is 0 Å². The number of hydrogen-bond acceptors (Lipinski definition) is 1. The van der Waals surface area contributed by atoms with Gasteiger partial charge < -0.3 is 9.22 Å². The van der Waals surface area contributed by atoms with Gasteiger partial charge in [-0.05, 0) is 26.7 Å². The van der Waals surface area contributed by atoms with Crippen molar-refractivity contribution in [2.24, 2.45) is 0 Å². The van der Waals surface area contributed by atoms with Gasteiger partial charge in [0.15, 0.2) is 0 Å². The van der Waals surface area contributed by atoms with Gasteiger partial charge in [0.2, 0.25) is 0 Å². The third-order valence-electron chi connectivity index (χ3n) is 6.07. The summed E-state index contributed by atoms with van der Waals surface area (Å²) in [5.41, 5.74) is 0. The molecule has 2 nitrogen and oxygen atoms in total. The lowest BCUT2D eigenvalue weighted by molar-refractivity contribution is -0.925. The molecule has 2 heteroatoms. The maximum atomic E-state index is 5.47. The molecule has 1 heterocycles. The first kappa shape index (κ1) is 22.0. The first-order valence-corrected chi connectivity index (χ1v) is 11.2. The van der Waals surface area contributed by atoms with Crippen LogP contribution in [-0.4, -0.2) is 43.4 Å². The summed E-state index contributed by atoms with van der Waals surface area (Å²) in [6.07, 6.45) is 19.4. The maximum Gasteiger partial charge on any atom is 0.130 e. The van der Waals surface area contributed by atoms with Crippen molar-refractivity contribution in [3.05, 3.63) is 0 Å². The van der Waals surface area contributed by atoms with E-state index in [0.29, 0.717) is 6.10 Å². The Labute approximate surface area is 152 Å². The van der Waals surface area contributed by atoms with Gasteiger partial charge in [0.1, 0.15) is 12.6 Å². The maximum absolute atomic E-state index is 5.47. The average molecular weight is 341 g/mol. The van der Waals surface area contributed by atoms with Crippen molar-refractivity contribution in [2.45, 2.75) is 110 Å². The lowest BCUT2D eigenvalue weighted by atomic mass is 10.0. The Morgan fingerprint density at radius 2 is 1.08 bits per heavy atom. The SMILES string of the molecule is CCCCCCCCCCCCCCC[N+](CC)(CC)CC1CO1. The molecule has 0 N–H and O–H groups in total.